The first-order valence-electron chi connectivity index (χ1n) is 8.35. The van der Waals surface area contributed by atoms with Crippen LogP contribution >= 0.6 is 0 Å². The van der Waals surface area contributed by atoms with Crippen LogP contribution in [0, 0.1) is 0 Å². The quantitative estimate of drug-likeness (QED) is 0.683. The number of hydrogen-bond donors (Lipinski definition) is 2. The van der Waals surface area contributed by atoms with Gasteiger partial charge in [-0.15, -0.1) is 0 Å². The van der Waals surface area contributed by atoms with Gasteiger partial charge in [0.25, 0.3) is 0 Å². The average molecular weight is 368 g/mol. The Morgan fingerprint density at radius 2 is 1.63 bits per heavy atom. The van der Waals surface area contributed by atoms with Crippen molar-refractivity contribution in [3.8, 4) is 22.9 Å². The molecule has 0 fully saturated rings. The molecule has 3 aromatic rings. The third-order valence-corrected chi connectivity index (χ3v) is 3.78. The van der Waals surface area contributed by atoms with Crippen molar-refractivity contribution in [2.45, 2.75) is 13.3 Å². The van der Waals surface area contributed by atoms with Crippen molar-refractivity contribution < 1.29 is 18.8 Å². The Bertz CT molecular complexity index is 899. The molecule has 8 heteroatoms. The van der Waals surface area contributed by atoms with Crippen LogP contribution in [0.25, 0.3) is 11.4 Å². The van der Waals surface area contributed by atoms with Crippen molar-refractivity contribution in [1.29, 1.82) is 0 Å². The second kappa shape index (κ2) is 8.22. The molecule has 27 heavy (non-hydrogen) atoms. The maximum absolute atomic E-state index is 12.2. The molecular weight excluding hydrogens is 348 g/mol. The second-order valence-electron chi connectivity index (χ2n) is 5.62. The number of carbonyl (C=O) groups is 1. The van der Waals surface area contributed by atoms with Gasteiger partial charge in [0.05, 0.1) is 14.2 Å². The van der Waals surface area contributed by atoms with Crippen LogP contribution in [0.3, 0.4) is 0 Å². The number of urea groups is 1. The van der Waals surface area contributed by atoms with Gasteiger partial charge in [-0.2, -0.15) is 4.98 Å². The molecule has 0 spiro atoms. The zero-order valence-corrected chi connectivity index (χ0v) is 15.3. The fraction of sp³-hybridized carbons (Fsp3) is 0.211. The molecule has 2 amide bonds. The minimum atomic E-state index is -0.383. The smallest absolute Gasteiger partial charge is 0.323 e. The number of ether oxygens (including phenoxy) is 2. The maximum atomic E-state index is 12.2. The molecule has 0 aliphatic heterocycles. The van der Waals surface area contributed by atoms with E-state index >= 15 is 0 Å². The first-order chi connectivity index (χ1) is 13.1. The van der Waals surface area contributed by atoms with Crippen molar-refractivity contribution in [1.82, 2.24) is 10.1 Å². The van der Waals surface area contributed by atoms with Crippen LogP contribution in [0.4, 0.5) is 16.2 Å². The molecule has 0 aliphatic rings. The van der Waals surface area contributed by atoms with Crippen LogP contribution in [-0.4, -0.2) is 30.4 Å². The van der Waals surface area contributed by atoms with Gasteiger partial charge in [0.1, 0.15) is 11.5 Å². The summed E-state index contributed by atoms with van der Waals surface area (Å²) in [5.74, 6) is 2.27. The Labute approximate surface area is 156 Å². The number of carbonyl (C=O) groups excluding carboxylic acids is 1. The van der Waals surface area contributed by atoms with E-state index in [1.54, 1.807) is 44.6 Å². The van der Waals surface area contributed by atoms with E-state index in [9.17, 15) is 4.79 Å². The Morgan fingerprint density at radius 1 is 1.00 bits per heavy atom. The van der Waals surface area contributed by atoms with Gasteiger partial charge in [0, 0.05) is 41.6 Å². The lowest BCUT2D eigenvalue weighted by molar-refractivity contribution is 0.262. The summed E-state index contributed by atoms with van der Waals surface area (Å²) in [6.07, 6.45) is 0.682. The number of nitrogens with zero attached hydrogens (tertiary/aromatic N) is 2. The second-order valence-corrected chi connectivity index (χ2v) is 5.62. The monoisotopic (exact) mass is 368 g/mol. The summed E-state index contributed by atoms with van der Waals surface area (Å²) in [5.41, 5.74) is 1.99. The van der Waals surface area contributed by atoms with Crippen LogP contribution in [0.5, 0.6) is 11.5 Å². The summed E-state index contributed by atoms with van der Waals surface area (Å²) in [4.78, 5) is 16.5. The van der Waals surface area contributed by atoms with Gasteiger partial charge in [0.2, 0.25) is 11.7 Å². The van der Waals surface area contributed by atoms with Crippen LogP contribution in [0.1, 0.15) is 12.8 Å². The third-order valence-electron chi connectivity index (χ3n) is 3.78. The Kier molecular flexibility index (Phi) is 5.55. The molecule has 0 aliphatic carbocycles. The van der Waals surface area contributed by atoms with Gasteiger partial charge in [-0.25, -0.2) is 4.79 Å². The van der Waals surface area contributed by atoms with Gasteiger partial charge in [0.15, 0.2) is 0 Å². The SMILES string of the molecule is CCc1nc(-c2ccc(NC(=O)Nc3cc(OC)cc(OC)c3)cc2)no1. The van der Waals surface area contributed by atoms with Crippen LogP contribution in [-0.2, 0) is 6.42 Å². The van der Waals surface area contributed by atoms with E-state index in [-0.39, 0.29) is 6.03 Å². The van der Waals surface area contributed by atoms with Gasteiger partial charge < -0.3 is 24.6 Å². The minimum absolute atomic E-state index is 0.383. The molecule has 0 saturated heterocycles. The predicted octanol–water partition coefficient (Wildman–Crippen LogP) is 3.96. The summed E-state index contributed by atoms with van der Waals surface area (Å²) in [7, 11) is 3.10. The summed E-state index contributed by atoms with van der Waals surface area (Å²) in [5, 5.41) is 9.44. The number of anilines is 2. The van der Waals surface area contributed by atoms with E-state index in [0.29, 0.717) is 41.0 Å². The van der Waals surface area contributed by atoms with Gasteiger partial charge >= 0.3 is 6.03 Å². The molecule has 3 rings (SSSR count). The van der Waals surface area contributed by atoms with E-state index in [4.69, 9.17) is 14.0 Å². The first kappa shape index (κ1) is 18.2. The third kappa shape index (κ3) is 4.55. The number of aromatic nitrogens is 2. The lowest BCUT2D eigenvalue weighted by Crippen LogP contribution is -2.19. The highest BCUT2D eigenvalue weighted by Gasteiger charge is 2.09. The summed E-state index contributed by atoms with van der Waals surface area (Å²) >= 11 is 0. The largest absolute Gasteiger partial charge is 0.497 e. The lowest BCUT2D eigenvalue weighted by atomic mass is 10.2. The summed E-state index contributed by atoms with van der Waals surface area (Å²) in [6.45, 7) is 1.95. The number of benzene rings is 2. The molecule has 0 atom stereocenters. The molecule has 2 N–H and O–H groups in total. The van der Waals surface area contributed by atoms with E-state index in [1.807, 2.05) is 19.1 Å². The first-order valence-corrected chi connectivity index (χ1v) is 8.35. The standard InChI is InChI=1S/C19H20N4O4/c1-4-17-22-18(23-27-17)12-5-7-13(8-6-12)20-19(24)21-14-9-15(25-2)11-16(10-14)26-3/h5-11H,4H2,1-3H3,(H2,20,21,24). The minimum Gasteiger partial charge on any atom is -0.497 e. The average Bonchev–Trinajstić information content (AvgIpc) is 3.17. The number of methoxy groups -OCH3 is 2. The Balaban J connectivity index is 1.66. The molecule has 140 valence electrons. The number of rotatable bonds is 6. The van der Waals surface area contributed by atoms with Crippen molar-refractivity contribution in [3.63, 3.8) is 0 Å². The van der Waals surface area contributed by atoms with Gasteiger partial charge in [-0.3, -0.25) is 0 Å². The topological polar surface area (TPSA) is 98.5 Å². The van der Waals surface area contributed by atoms with E-state index < -0.39 is 0 Å². The highest BCUT2D eigenvalue weighted by molar-refractivity contribution is 6.00. The van der Waals surface area contributed by atoms with E-state index in [0.717, 1.165) is 5.56 Å². The van der Waals surface area contributed by atoms with Gasteiger partial charge in [-0.05, 0) is 24.3 Å². The zero-order valence-electron chi connectivity index (χ0n) is 15.3. The molecule has 0 bridgehead atoms. The number of amides is 2. The molecule has 1 heterocycles. The predicted molar refractivity (Wildman–Crippen MR) is 101 cm³/mol. The fourth-order valence-electron chi connectivity index (χ4n) is 2.39. The summed E-state index contributed by atoms with van der Waals surface area (Å²) < 4.78 is 15.5. The fourth-order valence-corrected chi connectivity index (χ4v) is 2.39. The van der Waals surface area contributed by atoms with Crippen LogP contribution in [0.15, 0.2) is 47.0 Å². The van der Waals surface area contributed by atoms with E-state index in [1.165, 1.54) is 0 Å². The lowest BCUT2D eigenvalue weighted by Gasteiger charge is -2.11. The molecule has 0 radical (unpaired) electrons. The number of hydrogen-bond acceptors (Lipinski definition) is 6. The molecule has 8 nitrogen and oxygen atoms in total. The number of aryl methyl sites for hydroxylation is 1. The molecule has 0 saturated carbocycles. The zero-order chi connectivity index (χ0) is 19.2. The molecule has 1 aromatic heterocycles. The van der Waals surface area contributed by atoms with Crippen molar-refractivity contribution in [2.24, 2.45) is 0 Å². The van der Waals surface area contributed by atoms with Crippen molar-refractivity contribution in [3.05, 3.63) is 48.4 Å². The van der Waals surface area contributed by atoms with Gasteiger partial charge in [-0.1, -0.05) is 12.1 Å². The number of nitrogens with one attached hydrogen (secondary N) is 2. The molecule has 2 aromatic carbocycles. The van der Waals surface area contributed by atoms with E-state index in [2.05, 4.69) is 20.8 Å². The van der Waals surface area contributed by atoms with Crippen molar-refractivity contribution in [2.75, 3.05) is 24.9 Å². The van der Waals surface area contributed by atoms with Crippen LogP contribution < -0.4 is 20.1 Å². The Hall–Kier alpha value is -3.55. The normalized spacial score (nSPS) is 10.3. The molecular formula is C19H20N4O4. The highest BCUT2D eigenvalue weighted by atomic mass is 16.5. The Morgan fingerprint density at radius 3 is 2.19 bits per heavy atom. The maximum Gasteiger partial charge on any atom is 0.323 e. The van der Waals surface area contributed by atoms with Crippen LogP contribution in [0.2, 0.25) is 0 Å². The van der Waals surface area contributed by atoms with Crippen molar-refractivity contribution >= 4 is 17.4 Å². The highest BCUT2D eigenvalue weighted by Crippen LogP contribution is 2.26. The molecule has 0 unspecified atom stereocenters. The summed E-state index contributed by atoms with van der Waals surface area (Å²) in [6, 6.07) is 11.9.